The smallest absolute Gasteiger partial charge is 0.307 e. The van der Waals surface area contributed by atoms with Gasteiger partial charge < -0.3 is 10.4 Å². The van der Waals surface area contributed by atoms with Crippen molar-refractivity contribution in [2.45, 2.75) is 12.8 Å². The lowest BCUT2D eigenvalue weighted by atomic mass is 9.70. The lowest BCUT2D eigenvalue weighted by Crippen LogP contribution is -2.38. The molecular weight excluding hydrogens is 444 g/mol. The van der Waals surface area contributed by atoms with Gasteiger partial charge in [0, 0.05) is 22.2 Å². The Morgan fingerprint density at radius 2 is 1.59 bits per heavy atom. The summed E-state index contributed by atoms with van der Waals surface area (Å²) in [6.45, 7) is 0. The van der Waals surface area contributed by atoms with Gasteiger partial charge in [-0.2, -0.15) is 0 Å². The van der Waals surface area contributed by atoms with Crippen LogP contribution in [-0.2, 0) is 4.79 Å². The van der Waals surface area contributed by atoms with Gasteiger partial charge in [-0.05, 0) is 54.3 Å². The van der Waals surface area contributed by atoms with Crippen LogP contribution in [0.3, 0.4) is 0 Å². The minimum atomic E-state index is -0.880. The van der Waals surface area contributed by atoms with E-state index in [1.54, 1.807) is 23.5 Å². The number of thiazole rings is 1. The zero-order chi connectivity index (χ0) is 22.2. The number of carboxylic acid groups (broad SMARTS) is 1. The molecule has 1 fully saturated rings. The van der Waals surface area contributed by atoms with E-state index >= 15 is 0 Å². The molecule has 4 aromatic rings. The Bertz CT molecular complexity index is 1320. The maximum atomic E-state index is 12.6. The highest BCUT2D eigenvalue weighted by molar-refractivity contribution is 7.22. The quantitative estimate of drug-likeness (QED) is 0.313. The van der Waals surface area contributed by atoms with Gasteiger partial charge in [-0.1, -0.05) is 59.3 Å². The third-order valence-corrected chi connectivity index (χ3v) is 7.09. The number of hydrogen-bond donors (Lipinski definition) is 2. The molecule has 0 aliphatic heterocycles. The molecule has 1 aliphatic rings. The highest BCUT2D eigenvalue weighted by Crippen LogP contribution is 2.37. The summed E-state index contributed by atoms with van der Waals surface area (Å²) in [5, 5.41) is 14.0. The number of carboxylic acids is 1. The standard InChI is InChI=1S/C25H19ClN2O3S/c26-17-7-12-21-22(13-17)32-25(28-21)27-18-8-5-15(6-9-18)14-1-3-16(4-2-14)23(29)19-10-11-20(19)24(30)31/h1-9,12-13,19-20H,10-11H2,(H,27,28)(H,30,31). The summed E-state index contributed by atoms with van der Waals surface area (Å²) in [5.41, 5.74) is 4.42. The van der Waals surface area contributed by atoms with Crippen LogP contribution in [0, 0.1) is 11.8 Å². The molecule has 1 aromatic heterocycles. The van der Waals surface area contributed by atoms with E-state index in [1.807, 2.05) is 54.6 Å². The van der Waals surface area contributed by atoms with Crippen LogP contribution in [0.5, 0.6) is 0 Å². The van der Waals surface area contributed by atoms with Gasteiger partial charge in [0.1, 0.15) is 0 Å². The lowest BCUT2D eigenvalue weighted by molar-refractivity contribution is -0.146. The number of halogens is 1. The van der Waals surface area contributed by atoms with Crippen LogP contribution in [0.1, 0.15) is 23.2 Å². The Balaban J connectivity index is 1.28. The van der Waals surface area contributed by atoms with Gasteiger partial charge in [0.15, 0.2) is 10.9 Å². The number of anilines is 2. The predicted molar refractivity (Wildman–Crippen MR) is 128 cm³/mol. The van der Waals surface area contributed by atoms with E-state index in [0.717, 1.165) is 32.2 Å². The number of nitrogens with one attached hydrogen (secondary N) is 1. The summed E-state index contributed by atoms with van der Waals surface area (Å²) < 4.78 is 1.03. The minimum Gasteiger partial charge on any atom is -0.481 e. The molecule has 0 radical (unpaired) electrons. The maximum Gasteiger partial charge on any atom is 0.307 e. The van der Waals surface area contributed by atoms with Gasteiger partial charge >= 0.3 is 5.97 Å². The summed E-state index contributed by atoms with van der Waals surface area (Å²) in [5.74, 6) is -1.90. The molecule has 2 N–H and O–H groups in total. The molecular formula is C25H19ClN2O3S. The van der Waals surface area contributed by atoms with Crippen molar-refractivity contribution >= 4 is 55.7 Å². The first-order valence-corrected chi connectivity index (χ1v) is 11.5. The van der Waals surface area contributed by atoms with Crippen molar-refractivity contribution < 1.29 is 14.7 Å². The van der Waals surface area contributed by atoms with E-state index in [0.29, 0.717) is 23.4 Å². The molecule has 5 nitrogen and oxygen atoms in total. The Labute approximate surface area is 193 Å². The first kappa shape index (κ1) is 20.7. The van der Waals surface area contributed by atoms with Crippen LogP contribution in [0.25, 0.3) is 21.3 Å². The highest BCUT2D eigenvalue weighted by Gasteiger charge is 2.41. The van der Waals surface area contributed by atoms with Crippen molar-refractivity contribution in [2.75, 3.05) is 5.32 Å². The monoisotopic (exact) mass is 462 g/mol. The average Bonchev–Trinajstić information content (AvgIpc) is 3.14. The number of aromatic nitrogens is 1. The summed E-state index contributed by atoms with van der Waals surface area (Å²) in [6.07, 6.45) is 1.22. The molecule has 1 heterocycles. The second-order valence-corrected chi connectivity index (χ2v) is 9.37. The van der Waals surface area contributed by atoms with Gasteiger partial charge in [-0.15, -0.1) is 0 Å². The Hall–Kier alpha value is -3.22. The molecule has 0 saturated heterocycles. The second kappa shape index (κ2) is 8.37. The number of rotatable bonds is 6. The van der Waals surface area contributed by atoms with Crippen molar-refractivity contribution in [1.29, 1.82) is 0 Å². The molecule has 0 spiro atoms. The number of hydrogen-bond acceptors (Lipinski definition) is 5. The number of fused-ring (bicyclic) bond motifs is 1. The van der Waals surface area contributed by atoms with Gasteiger partial charge in [-0.3, -0.25) is 9.59 Å². The zero-order valence-corrected chi connectivity index (χ0v) is 18.5. The van der Waals surface area contributed by atoms with Crippen molar-refractivity contribution in [2.24, 2.45) is 11.8 Å². The summed E-state index contributed by atoms with van der Waals surface area (Å²) in [6, 6.07) is 21.0. The van der Waals surface area contributed by atoms with E-state index in [9.17, 15) is 14.7 Å². The molecule has 160 valence electrons. The largest absolute Gasteiger partial charge is 0.481 e. The fourth-order valence-corrected chi connectivity index (χ4v) is 5.13. The van der Waals surface area contributed by atoms with Crippen LogP contribution >= 0.6 is 22.9 Å². The minimum absolute atomic E-state index is 0.0770. The van der Waals surface area contributed by atoms with Crippen molar-refractivity contribution in [1.82, 2.24) is 4.98 Å². The van der Waals surface area contributed by atoms with Crippen LogP contribution in [-0.4, -0.2) is 21.8 Å². The number of nitrogens with zero attached hydrogens (tertiary/aromatic N) is 1. The normalized spacial score (nSPS) is 17.7. The van der Waals surface area contributed by atoms with E-state index in [4.69, 9.17) is 11.6 Å². The second-order valence-electron chi connectivity index (χ2n) is 7.90. The molecule has 3 aromatic carbocycles. The molecule has 7 heteroatoms. The van der Waals surface area contributed by atoms with Gasteiger partial charge in [0.2, 0.25) is 0 Å². The predicted octanol–water partition coefficient (Wildman–Crippen LogP) is 6.65. The lowest BCUT2D eigenvalue weighted by Gasteiger charge is -2.31. The summed E-state index contributed by atoms with van der Waals surface area (Å²) >= 11 is 7.60. The topological polar surface area (TPSA) is 79.3 Å². The van der Waals surface area contributed by atoms with E-state index in [2.05, 4.69) is 10.3 Å². The van der Waals surface area contributed by atoms with E-state index < -0.39 is 17.8 Å². The summed E-state index contributed by atoms with van der Waals surface area (Å²) in [7, 11) is 0. The number of carbonyl (C=O) groups is 2. The van der Waals surface area contributed by atoms with Gasteiger partial charge in [0.25, 0.3) is 0 Å². The van der Waals surface area contributed by atoms with Crippen LogP contribution < -0.4 is 5.32 Å². The maximum absolute atomic E-state index is 12.6. The van der Waals surface area contributed by atoms with Crippen molar-refractivity contribution in [3.63, 3.8) is 0 Å². The Morgan fingerprint density at radius 1 is 0.938 bits per heavy atom. The van der Waals surface area contributed by atoms with E-state index in [-0.39, 0.29) is 5.78 Å². The third-order valence-electron chi connectivity index (χ3n) is 5.92. The molecule has 1 aliphatic carbocycles. The third kappa shape index (κ3) is 3.99. The molecule has 2 unspecified atom stereocenters. The number of Topliss-reactive ketones (excluding diaryl/α,β-unsaturated/α-hetero) is 1. The summed E-state index contributed by atoms with van der Waals surface area (Å²) in [4.78, 5) is 28.4. The molecule has 0 bridgehead atoms. The number of aliphatic carboxylic acids is 1. The van der Waals surface area contributed by atoms with Crippen LogP contribution in [0.15, 0.2) is 66.7 Å². The first-order valence-electron chi connectivity index (χ1n) is 10.3. The molecule has 5 rings (SSSR count). The number of ketones is 1. The fraction of sp³-hybridized carbons (Fsp3) is 0.160. The average molecular weight is 463 g/mol. The number of carbonyl (C=O) groups excluding carboxylic acids is 1. The first-order chi connectivity index (χ1) is 15.5. The molecule has 32 heavy (non-hydrogen) atoms. The SMILES string of the molecule is O=C(O)C1CCC1C(=O)c1ccc(-c2ccc(Nc3nc4ccc(Cl)cc4s3)cc2)cc1. The number of benzene rings is 3. The van der Waals surface area contributed by atoms with Crippen LogP contribution in [0.4, 0.5) is 10.8 Å². The molecule has 1 saturated carbocycles. The molecule has 0 amide bonds. The Morgan fingerprint density at radius 3 is 2.22 bits per heavy atom. The van der Waals surface area contributed by atoms with Crippen molar-refractivity contribution in [3.05, 3.63) is 77.3 Å². The van der Waals surface area contributed by atoms with E-state index in [1.165, 1.54) is 0 Å². The van der Waals surface area contributed by atoms with Crippen LogP contribution in [0.2, 0.25) is 5.02 Å². The van der Waals surface area contributed by atoms with Gasteiger partial charge in [-0.25, -0.2) is 4.98 Å². The fourth-order valence-electron chi connectivity index (χ4n) is 3.97. The van der Waals surface area contributed by atoms with Crippen molar-refractivity contribution in [3.8, 4) is 11.1 Å². The van der Waals surface area contributed by atoms with Gasteiger partial charge in [0.05, 0.1) is 16.1 Å². The molecule has 2 atom stereocenters. The highest BCUT2D eigenvalue weighted by atomic mass is 35.5. The Kier molecular flexibility index (Phi) is 5.41. The zero-order valence-electron chi connectivity index (χ0n) is 16.9.